The highest BCUT2D eigenvalue weighted by Gasteiger charge is 2.21. The van der Waals surface area contributed by atoms with Crippen molar-refractivity contribution in [3.8, 4) is 0 Å². The molecule has 1 rings (SSSR count). The second-order valence-corrected chi connectivity index (χ2v) is 6.89. The third kappa shape index (κ3) is 2.34. The summed E-state index contributed by atoms with van der Waals surface area (Å²) >= 11 is 0. The Kier molecular flexibility index (Phi) is 3.27. The molecule has 6 nitrogen and oxygen atoms in total. The van der Waals surface area contributed by atoms with E-state index >= 15 is 0 Å². The van der Waals surface area contributed by atoms with Crippen LogP contribution in [0.3, 0.4) is 0 Å². The SMILES string of the molecule is CCS(=O)(=O)c1cccc(S(N)(=O)=O)c1N. The fourth-order valence-electron chi connectivity index (χ4n) is 1.20. The van der Waals surface area contributed by atoms with Crippen molar-refractivity contribution in [3.63, 3.8) is 0 Å². The number of nitrogen functional groups attached to an aromatic ring is 1. The number of benzene rings is 1. The summed E-state index contributed by atoms with van der Waals surface area (Å²) in [6, 6.07) is 3.71. The lowest BCUT2D eigenvalue weighted by molar-refractivity contribution is 0.596. The third-order valence-corrected chi connectivity index (χ3v) is 4.80. The second kappa shape index (κ2) is 4.04. The summed E-state index contributed by atoms with van der Waals surface area (Å²) in [5, 5.41) is 4.91. The minimum absolute atomic E-state index is 0.161. The molecular weight excluding hydrogens is 252 g/mol. The van der Waals surface area contributed by atoms with Gasteiger partial charge in [0, 0.05) is 0 Å². The van der Waals surface area contributed by atoms with Crippen LogP contribution >= 0.6 is 0 Å². The van der Waals surface area contributed by atoms with Crippen LogP contribution in [0.15, 0.2) is 28.0 Å². The highest BCUT2D eigenvalue weighted by molar-refractivity contribution is 7.91. The highest BCUT2D eigenvalue weighted by Crippen LogP contribution is 2.25. The Bertz CT molecular complexity index is 605. The van der Waals surface area contributed by atoms with Crippen molar-refractivity contribution in [2.75, 3.05) is 11.5 Å². The molecule has 0 spiro atoms. The summed E-state index contributed by atoms with van der Waals surface area (Å²) < 4.78 is 45.4. The number of para-hydroxylation sites is 1. The fourth-order valence-corrected chi connectivity index (χ4v) is 2.99. The first-order valence-corrected chi connectivity index (χ1v) is 7.54. The third-order valence-electron chi connectivity index (χ3n) is 2.05. The molecule has 0 unspecified atom stereocenters. The van der Waals surface area contributed by atoms with E-state index in [1.54, 1.807) is 0 Å². The van der Waals surface area contributed by atoms with E-state index in [0.29, 0.717) is 0 Å². The van der Waals surface area contributed by atoms with Gasteiger partial charge in [-0.15, -0.1) is 0 Å². The number of primary sulfonamides is 1. The van der Waals surface area contributed by atoms with Crippen LogP contribution in [0.25, 0.3) is 0 Å². The molecule has 0 aliphatic carbocycles. The summed E-state index contributed by atoms with van der Waals surface area (Å²) in [5.41, 5.74) is 5.17. The zero-order valence-corrected chi connectivity index (χ0v) is 10.2. The van der Waals surface area contributed by atoms with E-state index in [4.69, 9.17) is 10.9 Å². The molecule has 0 saturated carbocycles. The number of anilines is 1. The van der Waals surface area contributed by atoms with E-state index in [0.717, 1.165) is 0 Å². The molecule has 8 heteroatoms. The molecule has 90 valence electrons. The molecule has 0 atom stereocenters. The number of hydrogen-bond acceptors (Lipinski definition) is 5. The maximum Gasteiger partial charge on any atom is 0.240 e. The van der Waals surface area contributed by atoms with Gasteiger partial charge in [-0.2, -0.15) is 0 Å². The normalized spacial score (nSPS) is 12.6. The van der Waals surface area contributed by atoms with Crippen LogP contribution in [-0.4, -0.2) is 22.6 Å². The van der Waals surface area contributed by atoms with Gasteiger partial charge in [-0.1, -0.05) is 13.0 Å². The lowest BCUT2D eigenvalue weighted by Crippen LogP contribution is -2.16. The first-order valence-electron chi connectivity index (χ1n) is 4.34. The number of sulfone groups is 1. The van der Waals surface area contributed by atoms with E-state index in [1.807, 2.05) is 0 Å². The molecule has 1 aromatic rings. The Morgan fingerprint density at radius 2 is 1.62 bits per heavy atom. The first kappa shape index (κ1) is 12.9. The Morgan fingerprint density at radius 1 is 1.12 bits per heavy atom. The zero-order valence-electron chi connectivity index (χ0n) is 8.54. The van der Waals surface area contributed by atoms with Gasteiger partial charge < -0.3 is 5.73 Å². The van der Waals surface area contributed by atoms with Crippen molar-refractivity contribution in [2.45, 2.75) is 16.7 Å². The molecule has 4 N–H and O–H groups in total. The summed E-state index contributed by atoms with van der Waals surface area (Å²) in [7, 11) is -7.57. The molecule has 16 heavy (non-hydrogen) atoms. The predicted molar refractivity (Wildman–Crippen MR) is 60.0 cm³/mol. The molecule has 0 aliphatic heterocycles. The molecule has 0 saturated heterocycles. The summed E-state index contributed by atoms with van der Waals surface area (Å²) in [4.78, 5) is -0.580. The zero-order chi connectivity index (χ0) is 12.6. The number of sulfonamides is 1. The van der Waals surface area contributed by atoms with Crippen molar-refractivity contribution in [2.24, 2.45) is 5.14 Å². The maximum atomic E-state index is 11.6. The molecule has 0 heterocycles. The Balaban J connectivity index is 3.61. The average molecular weight is 264 g/mol. The fraction of sp³-hybridized carbons (Fsp3) is 0.250. The molecule has 0 aromatic heterocycles. The maximum absolute atomic E-state index is 11.6. The van der Waals surface area contributed by atoms with Crippen LogP contribution in [0.2, 0.25) is 0 Å². The second-order valence-electron chi connectivity index (χ2n) is 3.12. The van der Waals surface area contributed by atoms with Gasteiger partial charge in [-0.25, -0.2) is 22.0 Å². The lowest BCUT2D eigenvalue weighted by Gasteiger charge is -2.08. The monoisotopic (exact) mass is 264 g/mol. The molecule has 1 aromatic carbocycles. The Morgan fingerprint density at radius 3 is 2.06 bits per heavy atom. The van der Waals surface area contributed by atoms with Crippen LogP contribution in [0, 0.1) is 0 Å². The summed E-state index contributed by atoms with van der Waals surface area (Å²) in [6.45, 7) is 1.44. The van der Waals surface area contributed by atoms with E-state index in [-0.39, 0.29) is 21.2 Å². The van der Waals surface area contributed by atoms with Crippen molar-refractivity contribution in [3.05, 3.63) is 18.2 Å². The van der Waals surface area contributed by atoms with Gasteiger partial charge in [0.25, 0.3) is 0 Å². The number of hydrogen-bond donors (Lipinski definition) is 2. The van der Waals surface area contributed by atoms with Gasteiger partial charge in [0.15, 0.2) is 9.84 Å². The van der Waals surface area contributed by atoms with Crippen LogP contribution in [0.5, 0.6) is 0 Å². The van der Waals surface area contributed by atoms with Gasteiger partial charge in [0.2, 0.25) is 10.0 Å². The van der Waals surface area contributed by atoms with Crippen molar-refractivity contribution in [1.82, 2.24) is 0 Å². The Hall–Kier alpha value is -1.12. The minimum Gasteiger partial charge on any atom is -0.397 e. The molecule has 0 amide bonds. The average Bonchev–Trinajstić information content (AvgIpc) is 2.16. The quantitative estimate of drug-likeness (QED) is 0.727. The largest absolute Gasteiger partial charge is 0.397 e. The van der Waals surface area contributed by atoms with E-state index in [9.17, 15) is 16.8 Å². The van der Waals surface area contributed by atoms with Crippen LogP contribution < -0.4 is 10.9 Å². The minimum atomic E-state index is -4.01. The van der Waals surface area contributed by atoms with E-state index < -0.39 is 19.9 Å². The van der Waals surface area contributed by atoms with Gasteiger partial charge in [0.05, 0.1) is 16.3 Å². The molecular formula is C8H12N2O4S2. The standard InChI is InChI=1S/C8H12N2O4S2/c1-2-15(11,12)6-4-3-5-7(8(6)9)16(10,13)14/h3-5H,2,9H2,1H3,(H2,10,13,14). The van der Waals surface area contributed by atoms with E-state index in [1.165, 1.54) is 25.1 Å². The van der Waals surface area contributed by atoms with E-state index in [2.05, 4.69) is 0 Å². The lowest BCUT2D eigenvalue weighted by atomic mass is 10.3. The van der Waals surface area contributed by atoms with Gasteiger partial charge in [-0.3, -0.25) is 0 Å². The predicted octanol–water partition coefficient (Wildman–Crippen LogP) is -0.290. The summed E-state index contributed by atoms with van der Waals surface area (Å²) in [6.07, 6.45) is 0. The highest BCUT2D eigenvalue weighted by atomic mass is 32.2. The van der Waals surface area contributed by atoms with Gasteiger partial charge in [-0.05, 0) is 12.1 Å². The van der Waals surface area contributed by atoms with Crippen LogP contribution in [0.1, 0.15) is 6.92 Å². The topological polar surface area (TPSA) is 120 Å². The Labute approximate surface area is 94.2 Å². The summed E-state index contributed by atoms with van der Waals surface area (Å²) in [5.74, 6) is -0.161. The molecule has 0 bridgehead atoms. The molecule has 0 aliphatic rings. The number of rotatable bonds is 3. The van der Waals surface area contributed by atoms with Crippen LogP contribution in [-0.2, 0) is 19.9 Å². The van der Waals surface area contributed by atoms with Crippen molar-refractivity contribution in [1.29, 1.82) is 0 Å². The van der Waals surface area contributed by atoms with Gasteiger partial charge in [0.1, 0.15) is 4.90 Å². The molecule has 0 fully saturated rings. The number of nitrogens with two attached hydrogens (primary N) is 2. The van der Waals surface area contributed by atoms with Gasteiger partial charge >= 0.3 is 0 Å². The smallest absolute Gasteiger partial charge is 0.240 e. The van der Waals surface area contributed by atoms with Crippen LogP contribution in [0.4, 0.5) is 5.69 Å². The van der Waals surface area contributed by atoms with Crippen molar-refractivity contribution < 1.29 is 16.8 Å². The van der Waals surface area contributed by atoms with Crippen molar-refractivity contribution >= 4 is 25.5 Å². The molecule has 0 radical (unpaired) electrons. The first-order chi connectivity index (χ1) is 7.20.